The maximum Gasteiger partial charge on any atom is 0.327 e. The van der Waals surface area contributed by atoms with E-state index >= 15 is 0 Å². The van der Waals surface area contributed by atoms with Crippen LogP contribution in [0.4, 0.5) is 0 Å². The Bertz CT molecular complexity index is 344. The van der Waals surface area contributed by atoms with Crippen LogP contribution in [0.5, 0.6) is 0 Å². The Kier molecular flexibility index (Phi) is 1.87. The molecule has 5 heteroatoms. The lowest BCUT2D eigenvalue weighted by molar-refractivity contribution is -0.142. The topological polar surface area (TPSA) is 76.4 Å². The lowest BCUT2D eigenvalue weighted by atomic mass is 10.1. The lowest BCUT2D eigenvalue weighted by Crippen LogP contribution is -2.23. The molecule has 1 aromatic rings. The first kappa shape index (κ1) is 8.70. The summed E-state index contributed by atoms with van der Waals surface area (Å²) in [5.41, 5.74) is -1.40. The van der Waals surface area contributed by atoms with Crippen molar-refractivity contribution in [2.24, 2.45) is 5.92 Å². The zero-order chi connectivity index (χ0) is 9.46. The number of aliphatic carboxylic acids is 1. The second-order valence-corrected chi connectivity index (χ2v) is 3.01. The first-order chi connectivity index (χ1) is 5.46. The van der Waals surface area contributed by atoms with E-state index in [4.69, 9.17) is 5.11 Å². The molecule has 66 valence electrons. The molecule has 0 fully saturated rings. The summed E-state index contributed by atoms with van der Waals surface area (Å²) >= 11 is 0. The summed E-state index contributed by atoms with van der Waals surface area (Å²) < 4.78 is 0.771. The van der Waals surface area contributed by atoms with E-state index in [1.807, 2.05) is 0 Å². The van der Waals surface area contributed by atoms with Crippen molar-refractivity contribution in [3.63, 3.8) is 0 Å². The molecule has 0 spiro atoms. The highest BCUT2D eigenvalue weighted by molar-refractivity contribution is 5.72. The first-order valence-electron chi connectivity index (χ1n) is 3.57. The van der Waals surface area contributed by atoms with E-state index < -0.39 is 23.1 Å². The van der Waals surface area contributed by atoms with Gasteiger partial charge in [0.05, 0.1) is 0 Å². The number of hydrogen-bond acceptors (Lipinski definition) is 3. The van der Waals surface area contributed by atoms with Crippen LogP contribution < -0.4 is 11.1 Å². The average Bonchev–Trinajstić information content (AvgIpc) is 2.44. The lowest BCUT2D eigenvalue weighted by Gasteiger charge is -2.11. The highest BCUT2D eigenvalue weighted by Crippen LogP contribution is 2.14. The monoisotopic (exact) mass is 171 g/mol. The Hall–Kier alpha value is -1.39. The van der Waals surface area contributed by atoms with Crippen LogP contribution in [0.25, 0.3) is 0 Å². The number of carboxylic acid groups (broad SMARTS) is 1. The zero-order valence-electron chi connectivity index (χ0n) is 6.77. The molecule has 0 aromatic carbocycles. The van der Waals surface area contributed by atoms with Crippen molar-refractivity contribution in [3.8, 4) is 0 Å². The molecular weight excluding hydrogens is 162 g/mol. The standard InChI is InChI=1S/C7H9NO4/c1-3(2)4(7(11)12)8-5(9)6(8)10/h3-4H,1-2H3,(H,11,12). The quantitative estimate of drug-likeness (QED) is 0.614. The molecule has 0 aliphatic rings. The fraction of sp³-hybridized carbons (Fsp3) is 0.571. The normalized spacial score (nSPS) is 13.9. The van der Waals surface area contributed by atoms with Crippen molar-refractivity contribution < 1.29 is 9.90 Å². The largest absolute Gasteiger partial charge is 0.480 e. The highest BCUT2D eigenvalue weighted by Gasteiger charge is 2.33. The molecule has 1 unspecified atom stereocenters. The van der Waals surface area contributed by atoms with Crippen LogP contribution in [0, 0.1) is 5.92 Å². The average molecular weight is 171 g/mol. The van der Waals surface area contributed by atoms with Crippen LogP contribution in [0.2, 0.25) is 0 Å². The van der Waals surface area contributed by atoms with Gasteiger partial charge < -0.3 is 5.11 Å². The molecule has 1 atom stereocenters. The predicted octanol–water partition coefficient (Wildman–Crippen LogP) is -0.634. The Labute approximate surface area is 67.9 Å². The van der Waals surface area contributed by atoms with Crippen molar-refractivity contribution in [2.45, 2.75) is 19.9 Å². The fourth-order valence-corrected chi connectivity index (χ4v) is 1.09. The summed E-state index contributed by atoms with van der Waals surface area (Å²) in [6.07, 6.45) is 0. The number of carbonyl (C=O) groups is 1. The third-order valence-corrected chi connectivity index (χ3v) is 1.73. The van der Waals surface area contributed by atoms with E-state index in [1.54, 1.807) is 13.8 Å². The van der Waals surface area contributed by atoms with Crippen LogP contribution in [-0.2, 0) is 4.79 Å². The summed E-state index contributed by atoms with van der Waals surface area (Å²) in [4.78, 5) is 31.7. The maximum absolute atomic E-state index is 10.6. The minimum atomic E-state index is -1.14. The molecule has 0 amide bonds. The third kappa shape index (κ3) is 1.17. The molecule has 1 aromatic heterocycles. The molecule has 0 aliphatic heterocycles. The summed E-state index contributed by atoms with van der Waals surface area (Å²) in [6.45, 7) is 3.30. The Morgan fingerprint density at radius 3 is 1.83 bits per heavy atom. The van der Waals surface area contributed by atoms with Gasteiger partial charge in [-0.1, -0.05) is 13.8 Å². The third-order valence-electron chi connectivity index (χ3n) is 1.73. The Morgan fingerprint density at radius 1 is 1.33 bits per heavy atom. The van der Waals surface area contributed by atoms with Gasteiger partial charge in [0.2, 0.25) is 0 Å². The highest BCUT2D eigenvalue weighted by atomic mass is 16.4. The summed E-state index contributed by atoms with van der Waals surface area (Å²) in [6, 6.07) is -0.995. The second-order valence-electron chi connectivity index (χ2n) is 3.01. The zero-order valence-corrected chi connectivity index (χ0v) is 6.77. The van der Waals surface area contributed by atoms with Crippen LogP contribution >= 0.6 is 0 Å². The molecule has 0 aliphatic carbocycles. The number of rotatable bonds is 3. The molecule has 0 radical (unpaired) electrons. The van der Waals surface area contributed by atoms with Gasteiger partial charge in [0.1, 0.15) is 6.04 Å². The number of aromatic nitrogens is 1. The predicted molar refractivity (Wildman–Crippen MR) is 40.9 cm³/mol. The summed E-state index contributed by atoms with van der Waals surface area (Å²) in [7, 11) is 0. The van der Waals surface area contributed by atoms with Crippen molar-refractivity contribution in [3.05, 3.63) is 20.7 Å². The minimum Gasteiger partial charge on any atom is -0.480 e. The number of carboxylic acids is 1. The van der Waals surface area contributed by atoms with Crippen LogP contribution in [-0.4, -0.2) is 15.6 Å². The Balaban J connectivity index is 2.98. The Morgan fingerprint density at radius 2 is 1.75 bits per heavy atom. The van der Waals surface area contributed by atoms with Gasteiger partial charge in [-0.3, -0.25) is 14.2 Å². The molecule has 1 N–H and O–H groups in total. The van der Waals surface area contributed by atoms with Gasteiger partial charge in [0.25, 0.3) is 0 Å². The molecule has 1 heterocycles. The summed E-state index contributed by atoms with van der Waals surface area (Å²) in [5.74, 6) is -1.39. The molecule has 12 heavy (non-hydrogen) atoms. The molecule has 5 nitrogen and oxygen atoms in total. The van der Waals surface area contributed by atoms with Gasteiger partial charge in [-0.05, 0) is 5.92 Å². The SMILES string of the molecule is CC(C)C(C(=O)O)n1c(=O)c1=O. The van der Waals surface area contributed by atoms with Crippen LogP contribution in [0.15, 0.2) is 9.59 Å². The fourth-order valence-electron chi connectivity index (χ4n) is 1.09. The van der Waals surface area contributed by atoms with Crippen molar-refractivity contribution in [1.29, 1.82) is 0 Å². The van der Waals surface area contributed by atoms with E-state index in [1.165, 1.54) is 0 Å². The van der Waals surface area contributed by atoms with Gasteiger partial charge >= 0.3 is 17.1 Å². The maximum atomic E-state index is 10.6. The van der Waals surface area contributed by atoms with Gasteiger partial charge in [0.15, 0.2) is 0 Å². The van der Waals surface area contributed by atoms with Crippen LogP contribution in [0.1, 0.15) is 19.9 Å². The summed E-state index contributed by atoms with van der Waals surface area (Å²) in [5, 5.41) is 8.64. The molecule has 0 saturated carbocycles. The van der Waals surface area contributed by atoms with E-state index in [9.17, 15) is 14.4 Å². The van der Waals surface area contributed by atoms with Gasteiger partial charge in [-0.2, -0.15) is 0 Å². The smallest absolute Gasteiger partial charge is 0.327 e. The molecule has 1 rings (SSSR count). The van der Waals surface area contributed by atoms with Gasteiger partial charge in [-0.15, -0.1) is 0 Å². The minimum absolute atomic E-state index is 0.252. The van der Waals surface area contributed by atoms with Crippen molar-refractivity contribution >= 4 is 5.97 Å². The van der Waals surface area contributed by atoms with E-state index in [2.05, 4.69) is 0 Å². The molecular formula is C7H9NO4. The van der Waals surface area contributed by atoms with E-state index in [0.29, 0.717) is 0 Å². The van der Waals surface area contributed by atoms with Gasteiger partial charge in [0, 0.05) is 0 Å². The van der Waals surface area contributed by atoms with Crippen molar-refractivity contribution in [1.82, 2.24) is 4.57 Å². The molecule has 0 bridgehead atoms. The van der Waals surface area contributed by atoms with Crippen LogP contribution in [0.3, 0.4) is 0 Å². The van der Waals surface area contributed by atoms with Gasteiger partial charge in [-0.25, -0.2) is 4.79 Å². The second kappa shape index (κ2) is 2.58. The molecule has 0 saturated heterocycles. The van der Waals surface area contributed by atoms with Crippen molar-refractivity contribution in [2.75, 3.05) is 0 Å². The number of hydrogen-bond donors (Lipinski definition) is 1. The van der Waals surface area contributed by atoms with E-state index in [0.717, 1.165) is 4.57 Å². The first-order valence-corrected chi connectivity index (χ1v) is 3.57. The van der Waals surface area contributed by atoms with E-state index in [-0.39, 0.29) is 5.92 Å². The number of nitrogens with zero attached hydrogens (tertiary/aromatic N) is 1.